The first kappa shape index (κ1) is 15.6. The molecule has 19 heavy (non-hydrogen) atoms. The third-order valence-corrected chi connectivity index (χ3v) is 4.21. The lowest BCUT2D eigenvalue weighted by molar-refractivity contribution is -0.121. The van der Waals surface area contributed by atoms with Crippen molar-refractivity contribution in [3.63, 3.8) is 0 Å². The second-order valence-corrected chi connectivity index (χ2v) is 7.63. The van der Waals surface area contributed by atoms with Gasteiger partial charge in [-0.1, -0.05) is 0 Å². The molecule has 0 aliphatic heterocycles. The number of hydrogen-bond donors (Lipinski definition) is 1. The number of aryl methyl sites for hydroxylation is 1. The maximum atomic E-state index is 12.2. The van der Waals surface area contributed by atoms with E-state index in [9.17, 15) is 13.2 Å². The van der Waals surface area contributed by atoms with Crippen molar-refractivity contribution >= 4 is 15.7 Å². The molecule has 106 valence electrons. The highest BCUT2D eigenvalue weighted by molar-refractivity contribution is 7.92. The molecule has 0 aromatic carbocycles. The maximum absolute atomic E-state index is 12.2. The monoisotopic (exact) mass is 285 g/mol. The summed E-state index contributed by atoms with van der Waals surface area (Å²) in [5.74, 6) is -0.559. The van der Waals surface area contributed by atoms with Crippen LogP contribution in [-0.4, -0.2) is 35.1 Å². The van der Waals surface area contributed by atoms with Crippen LogP contribution >= 0.6 is 0 Å². The molecule has 1 N–H and O–H groups in total. The Morgan fingerprint density at radius 3 is 2.16 bits per heavy atom. The topological polar surface area (TPSA) is 89.0 Å². The second kappa shape index (κ2) is 5.24. The summed E-state index contributed by atoms with van der Waals surface area (Å²) < 4.78 is 24.4. The first-order valence-electron chi connectivity index (χ1n) is 5.88. The number of carbonyl (C=O) groups excluding carboxylic acids is 1. The molecule has 1 aromatic rings. The summed E-state index contributed by atoms with van der Waals surface area (Å²) in [5, 5.41) is 1.08. The van der Waals surface area contributed by atoms with Crippen molar-refractivity contribution in [2.75, 3.05) is 0 Å². The molecule has 7 heteroatoms. The van der Waals surface area contributed by atoms with Gasteiger partial charge in [-0.3, -0.25) is 4.79 Å². The standard InChI is InChI=1S/C12H19N3O3S/c1-8-6-13-11(14-7-8)19(17,18)9(2)10(16)15-12(3,4)5/h6-7,9H,1-5H3,(H,15,16). The Balaban J connectivity index is 3.00. The first-order chi connectivity index (χ1) is 8.54. The summed E-state index contributed by atoms with van der Waals surface area (Å²) in [6, 6.07) is 0. The van der Waals surface area contributed by atoms with Gasteiger partial charge in [-0.25, -0.2) is 18.4 Å². The van der Waals surface area contributed by atoms with Gasteiger partial charge in [0.25, 0.3) is 0 Å². The molecule has 0 spiro atoms. The Morgan fingerprint density at radius 1 is 1.26 bits per heavy atom. The third kappa shape index (κ3) is 3.99. The fourth-order valence-corrected chi connectivity index (χ4v) is 2.35. The van der Waals surface area contributed by atoms with Gasteiger partial charge < -0.3 is 5.32 Å². The molecule has 1 unspecified atom stereocenters. The quantitative estimate of drug-likeness (QED) is 0.832. The van der Waals surface area contributed by atoms with Gasteiger partial charge in [0, 0.05) is 17.9 Å². The molecule has 0 aliphatic rings. The van der Waals surface area contributed by atoms with E-state index in [2.05, 4.69) is 15.3 Å². The van der Waals surface area contributed by atoms with Crippen LogP contribution in [0.5, 0.6) is 0 Å². The van der Waals surface area contributed by atoms with E-state index in [0.29, 0.717) is 0 Å². The normalized spacial score (nSPS) is 13.9. The molecule has 0 saturated carbocycles. The molecule has 0 aliphatic carbocycles. The van der Waals surface area contributed by atoms with Crippen LogP contribution < -0.4 is 5.32 Å². The summed E-state index contributed by atoms with van der Waals surface area (Å²) in [5.41, 5.74) is 0.264. The Morgan fingerprint density at radius 2 is 1.74 bits per heavy atom. The molecular weight excluding hydrogens is 266 g/mol. The van der Waals surface area contributed by atoms with Crippen LogP contribution in [0.2, 0.25) is 0 Å². The molecule has 1 heterocycles. The van der Waals surface area contributed by atoms with E-state index >= 15 is 0 Å². The zero-order valence-electron chi connectivity index (χ0n) is 11.8. The Hall–Kier alpha value is -1.50. The number of amides is 1. The fraction of sp³-hybridized carbons (Fsp3) is 0.583. The minimum Gasteiger partial charge on any atom is -0.350 e. The van der Waals surface area contributed by atoms with Crippen LogP contribution in [0.15, 0.2) is 17.6 Å². The lowest BCUT2D eigenvalue weighted by Gasteiger charge is -2.22. The summed E-state index contributed by atoms with van der Waals surface area (Å²) in [7, 11) is -3.86. The minimum atomic E-state index is -3.86. The summed E-state index contributed by atoms with van der Waals surface area (Å²) >= 11 is 0. The predicted molar refractivity (Wildman–Crippen MR) is 71.3 cm³/mol. The van der Waals surface area contributed by atoms with E-state index in [1.165, 1.54) is 19.3 Å². The molecule has 1 amide bonds. The predicted octanol–water partition coefficient (Wildman–Crippen LogP) is 0.862. The first-order valence-corrected chi connectivity index (χ1v) is 7.43. The lowest BCUT2D eigenvalue weighted by atomic mass is 10.1. The minimum absolute atomic E-state index is 0.324. The number of nitrogens with one attached hydrogen (secondary N) is 1. The molecule has 6 nitrogen and oxygen atoms in total. The summed E-state index contributed by atoms with van der Waals surface area (Å²) in [6.07, 6.45) is 2.82. The molecule has 0 radical (unpaired) electrons. The molecule has 1 atom stereocenters. The van der Waals surface area contributed by atoms with Gasteiger partial charge in [0.1, 0.15) is 5.25 Å². The third-order valence-electron chi connectivity index (χ3n) is 2.34. The maximum Gasteiger partial charge on any atom is 0.247 e. The number of carbonyl (C=O) groups is 1. The van der Waals surface area contributed by atoms with E-state index in [-0.39, 0.29) is 5.16 Å². The van der Waals surface area contributed by atoms with Crippen molar-refractivity contribution in [2.24, 2.45) is 0 Å². The molecule has 0 bridgehead atoms. The average molecular weight is 285 g/mol. The number of hydrogen-bond acceptors (Lipinski definition) is 5. The lowest BCUT2D eigenvalue weighted by Crippen LogP contribution is -2.47. The molecule has 1 rings (SSSR count). The Kier molecular flexibility index (Phi) is 4.29. The van der Waals surface area contributed by atoms with Gasteiger partial charge in [0.05, 0.1) is 0 Å². The van der Waals surface area contributed by atoms with Crippen molar-refractivity contribution in [2.45, 2.75) is 50.6 Å². The van der Waals surface area contributed by atoms with Gasteiger partial charge >= 0.3 is 0 Å². The molecule has 1 aromatic heterocycles. The summed E-state index contributed by atoms with van der Waals surface area (Å²) in [6.45, 7) is 8.44. The second-order valence-electron chi connectivity index (χ2n) is 5.47. The van der Waals surface area contributed by atoms with Crippen LogP contribution in [0.1, 0.15) is 33.3 Å². The van der Waals surface area contributed by atoms with E-state index in [0.717, 1.165) is 5.56 Å². The van der Waals surface area contributed by atoms with Gasteiger partial charge in [0.2, 0.25) is 20.9 Å². The van der Waals surface area contributed by atoms with Crippen LogP contribution in [0.3, 0.4) is 0 Å². The smallest absolute Gasteiger partial charge is 0.247 e. The van der Waals surface area contributed by atoms with Crippen LogP contribution in [0, 0.1) is 6.92 Å². The van der Waals surface area contributed by atoms with Crippen molar-refractivity contribution in [3.05, 3.63) is 18.0 Å². The van der Waals surface area contributed by atoms with E-state index in [1.807, 2.05) is 0 Å². The zero-order chi connectivity index (χ0) is 14.8. The van der Waals surface area contributed by atoms with Crippen molar-refractivity contribution in [1.82, 2.24) is 15.3 Å². The largest absolute Gasteiger partial charge is 0.350 e. The fourth-order valence-electron chi connectivity index (χ4n) is 1.30. The van der Waals surface area contributed by atoms with Gasteiger partial charge in [-0.05, 0) is 40.2 Å². The molecule has 0 fully saturated rings. The van der Waals surface area contributed by atoms with Crippen LogP contribution in [-0.2, 0) is 14.6 Å². The highest BCUT2D eigenvalue weighted by Crippen LogP contribution is 2.12. The van der Waals surface area contributed by atoms with E-state index in [4.69, 9.17) is 0 Å². The zero-order valence-corrected chi connectivity index (χ0v) is 12.6. The van der Waals surface area contributed by atoms with Crippen LogP contribution in [0.4, 0.5) is 0 Å². The number of sulfone groups is 1. The number of nitrogens with zero attached hydrogens (tertiary/aromatic N) is 2. The van der Waals surface area contributed by atoms with Crippen molar-refractivity contribution in [3.8, 4) is 0 Å². The van der Waals surface area contributed by atoms with Crippen molar-refractivity contribution in [1.29, 1.82) is 0 Å². The van der Waals surface area contributed by atoms with Crippen LogP contribution in [0.25, 0.3) is 0 Å². The van der Waals surface area contributed by atoms with E-state index < -0.39 is 26.5 Å². The number of aromatic nitrogens is 2. The van der Waals surface area contributed by atoms with Crippen molar-refractivity contribution < 1.29 is 13.2 Å². The average Bonchev–Trinajstić information content (AvgIpc) is 2.26. The summed E-state index contributed by atoms with van der Waals surface area (Å²) in [4.78, 5) is 19.4. The van der Waals surface area contributed by atoms with Gasteiger partial charge in [-0.15, -0.1) is 0 Å². The van der Waals surface area contributed by atoms with Gasteiger partial charge in [-0.2, -0.15) is 0 Å². The molecular formula is C12H19N3O3S. The highest BCUT2D eigenvalue weighted by atomic mass is 32.2. The van der Waals surface area contributed by atoms with Gasteiger partial charge in [0.15, 0.2) is 0 Å². The highest BCUT2D eigenvalue weighted by Gasteiger charge is 2.33. The van der Waals surface area contributed by atoms with E-state index in [1.54, 1.807) is 27.7 Å². The Labute approximate surface area is 113 Å². The Bertz CT molecular complexity index is 559. The molecule has 0 saturated heterocycles. The SMILES string of the molecule is Cc1cnc(S(=O)(=O)C(C)C(=O)NC(C)(C)C)nc1. The number of rotatable bonds is 3.